The Morgan fingerprint density at radius 1 is 0.793 bits per heavy atom. The molecule has 1 aliphatic rings. The number of primary amides is 1. The van der Waals surface area contributed by atoms with E-state index in [0.717, 1.165) is 46.6 Å². The summed E-state index contributed by atoms with van der Waals surface area (Å²) in [6.45, 7) is 2.44. The number of hydrogen-bond acceptors (Lipinski definition) is 10. The second-order valence-corrected chi connectivity index (χ2v) is 13.3. The fraction of sp³-hybridized carbons (Fsp3) is 0.238. The van der Waals surface area contributed by atoms with Crippen LogP contribution in [0.5, 0.6) is 0 Å². The van der Waals surface area contributed by atoms with Gasteiger partial charge in [-0.2, -0.15) is 0 Å². The van der Waals surface area contributed by atoms with Gasteiger partial charge in [-0.05, 0) is 36.5 Å². The molecule has 0 spiro atoms. The third-order valence-electron chi connectivity index (χ3n) is 9.63. The van der Waals surface area contributed by atoms with Crippen molar-refractivity contribution in [1.82, 2.24) is 45.4 Å². The normalized spacial score (nSPS) is 14.9. The van der Waals surface area contributed by atoms with Crippen LogP contribution in [0.15, 0.2) is 110 Å². The van der Waals surface area contributed by atoms with Gasteiger partial charge in [0.05, 0.1) is 43.0 Å². The predicted molar refractivity (Wildman–Crippen MR) is 214 cm³/mol. The molecule has 3 aromatic heterocycles. The van der Waals surface area contributed by atoms with Crippen molar-refractivity contribution < 1.29 is 28.7 Å². The number of carbonyl (C=O) groups excluding carboxylic acids is 4. The average Bonchev–Trinajstić information content (AvgIpc) is 4.06. The zero-order valence-corrected chi connectivity index (χ0v) is 32.2. The molecule has 298 valence electrons. The van der Waals surface area contributed by atoms with Gasteiger partial charge in [0.25, 0.3) is 5.91 Å². The van der Waals surface area contributed by atoms with E-state index in [1.165, 1.54) is 7.11 Å². The molecule has 0 radical (unpaired) electrons. The summed E-state index contributed by atoms with van der Waals surface area (Å²) in [5.41, 5.74) is 9.63. The molecule has 0 aliphatic carbocycles. The van der Waals surface area contributed by atoms with E-state index in [-0.39, 0.29) is 18.4 Å². The van der Waals surface area contributed by atoms with Crippen molar-refractivity contribution in [2.75, 3.05) is 20.8 Å². The number of carbonyl (C=O) groups is 4. The van der Waals surface area contributed by atoms with E-state index in [2.05, 4.69) is 46.3 Å². The Balaban J connectivity index is 0.00000183. The van der Waals surface area contributed by atoms with Crippen molar-refractivity contribution in [2.24, 2.45) is 5.73 Å². The van der Waals surface area contributed by atoms with E-state index in [0.29, 0.717) is 29.5 Å². The highest BCUT2D eigenvalue weighted by Gasteiger charge is 2.36. The van der Waals surface area contributed by atoms with Crippen LogP contribution >= 0.6 is 0 Å². The van der Waals surface area contributed by atoms with Crippen LogP contribution in [0.4, 0.5) is 4.79 Å². The lowest BCUT2D eigenvalue weighted by Crippen LogP contribution is -2.41. The number of ether oxygens (including phenoxy) is 2. The van der Waals surface area contributed by atoms with E-state index < -0.39 is 30.2 Å². The summed E-state index contributed by atoms with van der Waals surface area (Å²) >= 11 is 0. The molecule has 7 rings (SSSR count). The second kappa shape index (κ2) is 19.1. The number of nitrogens with two attached hydrogens (primary N) is 1. The van der Waals surface area contributed by atoms with E-state index in [4.69, 9.17) is 14.3 Å². The predicted octanol–water partition coefficient (Wildman–Crippen LogP) is 5.35. The van der Waals surface area contributed by atoms with Gasteiger partial charge in [0, 0.05) is 37.2 Å². The number of likely N-dealkylation sites (tertiary alicyclic amines) is 1. The maximum Gasteiger partial charge on any atom is 0.407 e. The number of aromatic amines is 2. The number of hydrogen-bond donors (Lipinski definition) is 5. The van der Waals surface area contributed by atoms with Crippen LogP contribution in [-0.4, -0.2) is 79.9 Å². The van der Waals surface area contributed by atoms with E-state index >= 15 is 0 Å². The maximum atomic E-state index is 13.6. The Kier molecular flexibility index (Phi) is 13.3. The number of amides is 4. The largest absolute Gasteiger partial charge is 0.453 e. The van der Waals surface area contributed by atoms with E-state index in [9.17, 15) is 14.4 Å². The molecule has 16 heteroatoms. The molecule has 4 heterocycles. The molecule has 58 heavy (non-hydrogen) atoms. The van der Waals surface area contributed by atoms with Gasteiger partial charge in [0.15, 0.2) is 11.9 Å². The summed E-state index contributed by atoms with van der Waals surface area (Å²) in [5, 5.41) is 5.49. The minimum atomic E-state index is -0.951. The number of benzene rings is 3. The molecule has 6 N–H and O–H groups in total. The molecule has 4 amide bonds. The Hall–Kier alpha value is -7.20. The Morgan fingerprint density at radius 3 is 2.03 bits per heavy atom. The smallest absolute Gasteiger partial charge is 0.407 e. The van der Waals surface area contributed by atoms with Crippen LogP contribution < -0.4 is 16.4 Å². The average molecular weight is 785 g/mol. The van der Waals surface area contributed by atoms with Gasteiger partial charge in [-0.15, -0.1) is 0 Å². The summed E-state index contributed by atoms with van der Waals surface area (Å²) in [7, 11) is 2.81. The molecule has 1 saturated heterocycles. The lowest BCUT2D eigenvalue weighted by molar-refractivity contribution is -0.143. The topological polar surface area (TPSA) is 223 Å². The van der Waals surface area contributed by atoms with Gasteiger partial charge < -0.3 is 40.7 Å². The SMILES string of the molecule is COC(=O)N[C@@H](C(=O)N[C@@H](C)c1ncc(-c2cnc(-c3ccc(-c4cnc([C@@H]5CCCN5C(=O)C(OC)c5ccccc5)[nH]4)cc3)nc2)[nH]1)c1ccccc1.NC=O. The number of rotatable bonds is 12. The molecule has 3 aromatic carbocycles. The second-order valence-electron chi connectivity index (χ2n) is 13.3. The number of imidazole rings is 2. The minimum Gasteiger partial charge on any atom is -0.453 e. The van der Waals surface area contributed by atoms with Crippen LogP contribution in [0.25, 0.3) is 33.9 Å². The van der Waals surface area contributed by atoms with Gasteiger partial charge in [-0.3, -0.25) is 14.4 Å². The highest BCUT2D eigenvalue weighted by molar-refractivity contribution is 5.87. The Bertz CT molecular complexity index is 2280. The van der Waals surface area contributed by atoms with Gasteiger partial charge >= 0.3 is 6.09 Å². The van der Waals surface area contributed by atoms with Crippen molar-refractivity contribution in [3.63, 3.8) is 0 Å². The van der Waals surface area contributed by atoms with Crippen LogP contribution in [0, 0.1) is 0 Å². The number of alkyl carbamates (subject to hydrolysis) is 1. The molecule has 1 unspecified atom stereocenters. The first kappa shape index (κ1) is 40.5. The monoisotopic (exact) mass is 784 g/mol. The summed E-state index contributed by atoms with van der Waals surface area (Å²) in [6.07, 6.45) is 7.45. The lowest BCUT2D eigenvalue weighted by atomic mass is 10.1. The third-order valence-corrected chi connectivity index (χ3v) is 9.63. The van der Waals surface area contributed by atoms with Crippen LogP contribution in [-0.2, 0) is 23.9 Å². The van der Waals surface area contributed by atoms with Crippen molar-refractivity contribution >= 4 is 24.3 Å². The number of nitrogens with zero attached hydrogens (tertiary/aromatic N) is 5. The van der Waals surface area contributed by atoms with Crippen LogP contribution in [0.2, 0.25) is 0 Å². The molecule has 0 bridgehead atoms. The molecule has 6 aromatic rings. The zero-order valence-electron chi connectivity index (χ0n) is 32.2. The van der Waals surface area contributed by atoms with Crippen LogP contribution in [0.3, 0.4) is 0 Å². The van der Waals surface area contributed by atoms with Crippen molar-refractivity contribution in [1.29, 1.82) is 0 Å². The molecule has 4 atom stereocenters. The van der Waals surface area contributed by atoms with Crippen molar-refractivity contribution in [3.8, 4) is 33.9 Å². The highest BCUT2D eigenvalue weighted by atomic mass is 16.5. The number of aromatic nitrogens is 6. The summed E-state index contributed by atoms with van der Waals surface area (Å²) < 4.78 is 10.4. The van der Waals surface area contributed by atoms with Gasteiger partial charge in [-0.25, -0.2) is 24.7 Å². The van der Waals surface area contributed by atoms with Crippen molar-refractivity contribution in [2.45, 2.75) is 44.0 Å². The summed E-state index contributed by atoms with van der Waals surface area (Å²) in [4.78, 5) is 74.3. The fourth-order valence-corrected chi connectivity index (χ4v) is 6.73. The lowest BCUT2D eigenvalue weighted by Gasteiger charge is -2.27. The first-order valence-electron chi connectivity index (χ1n) is 18.5. The molecule has 1 fully saturated rings. The number of methoxy groups -OCH3 is 2. The molecule has 0 saturated carbocycles. The molecular formula is C42H44N10O6. The quantitative estimate of drug-likeness (QED) is 0.100. The number of H-pyrrole nitrogens is 2. The maximum absolute atomic E-state index is 13.6. The van der Waals surface area contributed by atoms with E-state index in [1.807, 2.05) is 65.6 Å². The fourth-order valence-electron chi connectivity index (χ4n) is 6.73. The molecule has 1 aliphatic heterocycles. The highest BCUT2D eigenvalue weighted by Crippen LogP contribution is 2.35. The summed E-state index contributed by atoms with van der Waals surface area (Å²) in [6, 6.07) is 24.7. The standard InChI is InChI=1S/C41H41N9O5.CH3NO/c1-25(46-39(51)34(49-41(53)55-3)27-11-6-4-7-12-27)36-44-24-32(47-36)30-21-42-37(43-22-30)29-18-16-26(17-19-29)31-23-45-38(48-31)33-15-10-20-50(33)40(52)35(54-2)28-13-8-5-9-14-28;2-1-3/h4-9,11-14,16-19,21-25,33-35H,10,15,20H2,1-3H3,(H,44,47)(H,45,48)(H,46,51)(H,49,53);1H,(H2,2,3)/t25-,33-,34+,35?;/m0./s1. The van der Waals surface area contributed by atoms with Gasteiger partial charge in [-0.1, -0.05) is 84.9 Å². The Morgan fingerprint density at radius 2 is 1.40 bits per heavy atom. The molecular weight excluding hydrogens is 741 g/mol. The Labute approximate surface area is 334 Å². The van der Waals surface area contributed by atoms with Gasteiger partial charge in [0.1, 0.15) is 17.7 Å². The van der Waals surface area contributed by atoms with Crippen molar-refractivity contribution in [3.05, 3.63) is 132 Å². The summed E-state index contributed by atoms with van der Waals surface area (Å²) in [5.74, 6) is 1.34. The number of nitrogens with one attached hydrogen (secondary N) is 4. The van der Waals surface area contributed by atoms with E-state index in [1.54, 1.807) is 63.1 Å². The zero-order chi connectivity index (χ0) is 41.0. The first-order valence-corrected chi connectivity index (χ1v) is 18.5. The first-order chi connectivity index (χ1) is 28.2. The third kappa shape index (κ3) is 9.42. The minimum absolute atomic E-state index is 0.0698. The molecule has 16 nitrogen and oxygen atoms in total. The van der Waals surface area contributed by atoms with Crippen LogP contribution in [0.1, 0.15) is 66.8 Å². The van der Waals surface area contributed by atoms with Gasteiger partial charge in [0.2, 0.25) is 12.3 Å².